The topological polar surface area (TPSA) is 18.5 Å². The van der Waals surface area contributed by atoms with Gasteiger partial charge in [-0.05, 0) is 48.9 Å². The highest BCUT2D eigenvalue weighted by atomic mass is 16.5. The van der Waals surface area contributed by atoms with Crippen LogP contribution >= 0.6 is 0 Å². The maximum Gasteiger partial charge on any atom is 0.119 e. The van der Waals surface area contributed by atoms with Crippen molar-refractivity contribution in [2.24, 2.45) is 5.92 Å². The normalized spacial score (nSPS) is 25.8. The van der Waals surface area contributed by atoms with E-state index in [1.807, 2.05) is 0 Å². The van der Waals surface area contributed by atoms with E-state index in [4.69, 9.17) is 9.47 Å². The van der Waals surface area contributed by atoms with Crippen LogP contribution in [0.1, 0.15) is 57.1 Å². The molecule has 2 heteroatoms. The predicted octanol–water partition coefficient (Wildman–Crippen LogP) is 4.88. The van der Waals surface area contributed by atoms with Gasteiger partial charge in [-0.1, -0.05) is 39.2 Å². The Balaban J connectivity index is 2.47. The van der Waals surface area contributed by atoms with Crippen molar-refractivity contribution in [1.29, 1.82) is 0 Å². The molecule has 1 aliphatic heterocycles. The molecule has 21 heavy (non-hydrogen) atoms. The van der Waals surface area contributed by atoms with Crippen LogP contribution < -0.4 is 4.74 Å². The molecule has 0 N–H and O–H groups in total. The van der Waals surface area contributed by atoms with Gasteiger partial charge < -0.3 is 9.47 Å². The number of methoxy groups -OCH3 is 1. The van der Waals surface area contributed by atoms with Crippen molar-refractivity contribution in [2.75, 3.05) is 20.3 Å². The number of hydrogen-bond donors (Lipinski definition) is 0. The van der Waals surface area contributed by atoms with Crippen LogP contribution in [-0.2, 0) is 10.2 Å². The van der Waals surface area contributed by atoms with E-state index in [0.29, 0.717) is 5.92 Å². The van der Waals surface area contributed by atoms with Gasteiger partial charge in [-0.3, -0.25) is 0 Å². The Morgan fingerprint density at radius 1 is 1.33 bits per heavy atom. The Bertz CT molecular complexity index is 455. The molecule has 2 rings (SSSR count). The minimum Gasteiger partial charge on any atom is -0.497 e. The molecule has 1 aromatic carbocycles. The molecule has 0 aliphatic carbocycles. The van der Waals surface area contributed by atoms with Crippen LogP contribution in [0.25, 0.3) is 0 Å². The lowest BCUT2D eigenvalue weighted by atomic mass is 9.63. The summed E-state index contributed by atoms with van der Waals surface area (Å²) in [5.74, 6) is 1.68. The zero-order chi connectivity index (χ0) is 15.3. The third kappa shape index (κ3) is 3.26. The number of unbranched alkanes of at least 4 members (excludes halogenated alkanes) is 1. The highest BCUT2D eigenvalue weighted by Gasteiger charge is 2.42. The van der Waals surface area contributed by atoms with Gasteiger partial charge in [0.1, 0.15) is 5.75 Å². The summed E-state index contributed by atoms with van der Waals surface area (Å²) >= 11 is 0. The van der Waals surface area contributed by atoms with Crippen molar-refractivity contribution in [3.8, 4) is 5.75 Å². The first-order chi connectivity index (χ1) is 10.2. The quantitative estimate of drug-likeness (QED) is 0.743. The van der Waals surface area contributed by atoms with E-state index in [9.17, 15) is 0 Å². The summed E-state index contributed by atoms with van der Waals surface area (Å²) in [6.07, 6.45) is 6.12. The van der Waals surface area contributed by atoms with Crippen molar-refractivity contribution in [2.45, 2.75) is 58.3 Å². The maximum atomic E-state index is 5.96. The maximum absolute atomic E-state index is 5.96. The summed E-state index contributed by atoms with van der Waals surface area (Å²) in [5, 5.41) is 0. The summed E-state index contributed by atoms with van der Waals surface area (Å²) in [4.78, 5) is 0. The monoisotopic (exact) mass is 290 g/mol. The molecule has 1 fully saturated rings. The smallest absolute Gasteiger partial charge is 0.119 e. The highest BCUT2D eigenvalue weighted by Crippen LogP contribution is 2.45. The molecule has 1 aromatic rings. The molecule has 0 spiro atoms. The first kappa shape index (κ1) is 16.4. The van der Waals surface area contributed by atoms with Gasteiger partial charge in [-0.2, -0.15) is 0 Å². The Labute approximate surface area is 129 Å². The van der Waals surface area contributed by atoms with Gasteiger partial charge >= 0.3 is 0 Å². The van der Waals surface area contributed by atoms with Gasteiger partial charge in [0.25, 0.3) is 0 Å². The minimum absolute atomic E-state index is 0.168. The third-order valence-corrected chi connectivity index (χ3v) is 5.20. The molecule has 2 atom stereocenters. The Hall–Kier alpha value is -1.02. The number of benzene rings is 1. The molecule has 1 aliphatic rings. The molecular formula is C19H30O2. The van der Waals surface area contributed by atoms with Gasteiger partial charge in [0, 0.05) is 12.0 Å². The van der Waals surface area contributed by atoms with Crippen LogP contribution in [0.2, 0.25) is 0 Å². The molecule has 1 saturated heterocycles. The number of rotatable bonds is 6. The zero-order valence-electron chi connectivity index (χ0n) is 14.1. The van der Waals surface area contributed by atoms with Gasteiger partial charge in [0.15, 0.2) is 0 Å². The van der Waals surface area contributed by atoms with E-state index in [1.54, 1.807) is 7.11 Å². The molecule has 0 aromatic heterocycles. The van der Waals surface area contributed by atoms with Gasteiger partial charge in [-0.15, -0.1) is 0 Å². The molecule has 0 bridgehead atoms. The molecule has 2 unspecified atom stereocenters. The first-order valence-electron chi connectivity index (χ1n) is 8.40. The lowest BCUT2D eigenvalue weighted by Gasteiger charge is -2.45. The largest absolute Gasteiger partial charge is 0.497 e. The van der Waals surface area contributed by atoms with Crippen LogP contribution in [-0.4, -0.2) is 20.3 Å². The summed E-state index contributed by atoms with van der Waals surface area (Å²) in [6, 6.07) is 6.52. The second kappa shape index (κ2) is 7.31. The van der Waals surface area contributed by atoms with Crippen LogP contribution in [0.5, 0.6) is 5.75 Å². The van der Waals surface area contributed by atoms with Crippen LogP contribution in [0.4, 0.5) is 0 Å². The summed E-state index contributed by atoms with van der Waals surface area (Å²) in [7, 11) is 1.75. The number of hydrogen-bond acceptors (Lipinski definition) is 2. The summed E-state index contributed by atoms with van der Waals surface area (Å²) < 4.78 is 11.4. The highest BCUT2D eigenvalue weighted by molar-refractivity contribution is 5.41. The second-order valence-corrected chi connectivity index (χ2v) is 6.39. The molecule has 118 valence electrons. The van der Waals surface area contributed by atoms with E-state index in [2.05, 4.69) is 39.0 Å². The van der Waals surface area contributed by atoms with Crippen LogP contribution in [0, 0.1) is 12.8 Å². The van der Waals surface area contributed by atoms with Crippen molar-refractivity contribution in [1.82, 2.24) is 0 Å². The number of aryl methyl sites for hydroxylation is 1. The van der Waals surface area contributed by atoms with Crippen LogP contribution in [0.3, 0.4) is 0 Å². The molecule has 0 amide bonds. The van der Waals surface area contributed by atoms with Crippen molar-refractivity contribution < 1.29 is 9.47 Å². The molecule has 2 nitrogen and oxygen atoms in total. The Kier molecular flexibility index (Phi) is 5.69. The average Bonchev–Trinajstić information content (AvgIpc) is 2.53. The first-order valence-corrected chi connectivity index (χ1v) is 8.40. The summed E-state index contributed by atoms with van der Waals surface area (Å²) in [6.45, 7) is 8.60. The molecule has 0 radical (unpaired) electrons. The van der Waals surface area contributed by atoms with Crippen molar-refractivity contribution in [3.63, 3.8) is 0 Å². The SMILES string of the molecule is CCCCC1(c2cc(OC)ccc2C)COCCC1CC. The lowest BCUT2D eigenvalue weighted by Crippen LogP contribution is -2.44. The van der Waals surface area contributed by atoms with Gasteiger partial charge in [0.05, 0.1) is 13.7 Å². The summed E-state index contributed by atoms with van der Waals surface area (Å²) in [5.41, 5.74) is 2.99. The van der Waals surface area contributed by atoms with E-state index in [-0.39, 0.29) is 5.41 Å². The van der Waals surface area contributed by atoms with E-state index < -0.39 is 0 Å². The van der Waals surface area contributed by atoms with Gasteiger partial charge in [0.2, 0.25) is 0 Å². The van der Waals surface area contributed by atoms with Crippen LogP contribution in [0.15, 0.2) is 18.2 Å². The Morgan fingerprint density at radius 2 is 2.14 bits per heavy atom. The predicted molar refractivity (Wildman–Crippen MR) is 88.2 cm³/mol. The molecular weight excluding hydrogens is 260 g/mol. The van der Waals surface area contributed by atoms with E-state index >= 15 is 0 Å². The molecule has 0 saturated carbocycles. The second-order valence-electron chi connectivity index (χ2n) is 6.39. The standard InChI is InChI=1S/C19H30O2/c1-5-7-11-19(14-21-12-10-16(19)6-2)18-13-17(20-4)9-8-15(18)3/h8-9,13,16H,5-7,10-12,14H2,1-4H3. The van der Waals surface area contributed by atoms with Crippen molar-refractivity contribution >= 4 is 0 Å². The van der Waals surface area contributed by atoms with Gasteiger partial charge in [-0.25, -0.2) is 0 Å². The lowest BCUT2D eigenvalue weighted by molar-refractivity contribution is -0.0133. The fraction of sp³-hybridized carbons (Fsp3) is 0.684. The average molecular weight is 290 g/mol. The fourth-order valence-corrected chi connectivity index (χ4v) is 3.93. The van der Waals surface area contributed by atoms with E-state index in [1.165, 1.54) is 43.2 Å². The third-order valence-electron chi connectivity index (χ3n) is 5.20. The minimum atomic E-state index is 0.168. The zero-order valence-corrected chi connectivity index (χ0v) is 14.1. The molecule has 1 heterocycles. The van der Waals surface area contributed by atoms with E-state index in [0.717, 1.165) is 19.0 Å². The Morgan fingerprint density at radius 3 is 2.81 bits per heavy atom. The number of ether oxygens (including phenoxy) is 2. The fourth-order valence-electron chi connectivity index (χ4n) is 3.93. The van der Waals surface area contributed by atoms with Crippen molar-refractivity contribution in [3.05, 3.63) is 29.3 Å².